The van der Waals surface area contributed by atoms with Gasteiger partial charge in [-0.2, -0.15) is 0 Å². The zero-order valence-electron chi connectivity index (χ0n) is 10.2. The number of aromatic nitrogens is 1. The number of hydrogen-bond donors (Lipinski definition) is 1. The van der Waals surface area contributed by atoms with Crippen molar-refractivity contribution >= 4 is 5.97 Å². The first-order valence-electron chi connectivity index (χ1n) is 6.10. The Hall–Kier alpha value is -1.46. The molecule has 1 aliphatic rings. The van der Waals surface area contributed by atoms with Gasteiger partial charge in [0.05, 0.1) is 18.9 Å². The fourth-order valence-corrected chi connectivity index (χ4v) is 1.92. The summed E-state index contributed by atoms with van der Waals surface area (Å²) >= 11 is 0. The Labute approximate surface area is 106 Å². The molecule has 1 fully saturated rings. The second kappa shape index (κ2) is 6.47. The molecule has 0 aliphatic carbocycles. The second-order valence-electron chi connectivity index (χ2n) is 4.39. The fourth-order valence-electron chi connectivity index (χ4n) is 1.92. The van der Waals surface area contributed by atoms with Gasteiger partial charge in [0.1, 0.15) is 5.69 Å². The molecule has 98 valence electrons. The zero-order chi connectivity index (χ0) is 12.8. The van der Waals surface area contributed by atoms with E-state index in [9.17, 15) is 4.79 Å². The Kier molecular flexibility index (Phi) is 4.66. The molecule has 1 aromatic rings. The molecular formula is C13H17NO4. The van der Waals surface area contributed by atoms with Crippen LogP contribution in [0.3, 0.4) is 0 Å². The summed E-state index contributed by atoms with van der Waals surface area (Å²) in [6.45, 7) is 2.66. The molecule has 0 unspecified atom stereocenters. The molecule has 5 nitrogen and oxygen atoms in total. The van der Waals surface area contributed by atoms with Crippen molar-refractivity contribution in [3.63, 3.8) is 0 Å². The van der Waals surface area contributed by atoms with Gasteiger partial charge in [-0.25, -0.2) is 9.78 Å². The summed E-state index contributed by atoms with van der Waals surface area (Å²) in [5.74, 6) is -0.470. The lowest BCUT2D eigenvalue weighted by Gasteiger charge is -2.21. The van der Waals surface area contributed by atoms with E-state index in [1.807, 2.05) is 0 Å². The van der Waals surface area contributed by atoms with Crippen LogP contribution in [0.2, 0.25) is 0 Å². The van der Waals surface area contributed by atoms with Crippen LogP contribution in [0.4, 0.5) is 0 Å². The van der Waals surface area contributed by atoms with Gasteiger partial charge in [-0.05, 0) is 30.9 Å². The number of hydrogen-bond acceptors (Lipinski definition) is 4. The van der Waals surface area contributed by atoms with Crippen molar-refractivity contribution in [3.05, 3.63) is 29.6 Å². The molecule has 1 aromatic heterocycles. The minimum Gasteiger partial charge on any atom is -0.477 e. The highest BCUT2D eigenvalue weighted by Gasteiger charge is 2.14. The van der Waals surface area contributed by atoms with Crippen LogP contribution in [0.5, 0.6) is 0 Å². The van der Waals surface area contributed by atoms with E-state index in [2.05, 4.69) is 4.98 Å². The largest absolute Gasteiger partial charge is 0.477 e. The van der Waals surface area contributed by atoms with Crippen molar-refractivity contribution < 1.29 is 19.4 Å². The van der Waals surface area contributed by atoms with E-state index in [0.29, 0.717) is 24.8 Å². The lowest BCUT2D eigenvalue weighted by atomic mass is 10.0. The summed E-state index contributed by atoms with van der Waals surface area (Å²) in [6.07, 6.45) is 2.06. The number of carbonyl (C=O) groups is 1. The van der Waals surface area contributed by atoms with Crippen molar-refractivity contribution in [3.8, 4) is 0 Å². The van der Waals surface area contributed by atoms with Crippen LogP contribution in [0.1, 0.15) is 29.0 Å². The molecule has 0 spiro atoms. The Morgan fingerprint density at radius 1 is 1.44 bits per heavy atom. The molecule has 18 heavy (non-hydrogen) atoms. The van der Waals surface area contributed by atoms with E-state index in [4.69, 9.17) is 14.6 Å². The van der Waals surface area contributed by atoms with Gasteiger partial charge in [0.2, 0.25) is 0 Å². The first kappa shape index (κ1) is 13.0. The fraction of sp³-hybridized carbons (Fsp3) is 0.538. The molecule has 0 saturated carbocycles. The minimum absolute atomic E-state index is 0.0576. The van der Waals surface area contributed by atoms with Crippen molar-refractivity contribution in [2.45, 2.75) is 19.4 Å². The predicted molar refractivity (Wildman–Crippen MR) is 64.4 cm³/mol. The smallest absolute Gasteiger partial charge is 0.354 e. The van der Waals surface area contributed by atoms with Gasteiger partial charge in [-0.3, -0.25) is 0 Å². The van der Waals surface area contributed by atoms with Crippen molar-refractivity contribution in [2.75, 3.05) is 19.8 Å². The summed E-state index contributed by atoms with van der Waals surface area (Å²) in [5, 5.41) is 8.82. The van der Waals surface area contributed by atoms with Gasteiger partial charge in [-0.15, -0.1) is 0 Å². The summed E-state index contributed by atoms with van der Waals surface area (Å²) < 4.78 is 10.9. The maximum absolute atomic E-state index is 10.8. The zero-order valence-corrected chi connectivity index (χ0v) is 10.2. The van der Waals surface area contributed by atoms with Gasteiger partial charge in [0.15, 0.2) is 0 Å². The van der Waals surface area contributed by atoms with Crippen LogP contribution in [-0.4, -0.2) is 35.9 Å². The molecule has 1 aliphatic heterocycles. The molecule has 1 N–H and O–H groups in total. The van der Waals surface area contributed by atoms with Gasteiger partial charge in [0, 0.05) is 13.2 Å². The Bertz CT molecular complexity index is 402. The standard InChI is InChI=1S/C13H17NO4/c15-13(16)12-3-1-2-11(14-12)9-18-8-10-4-6-17-7-5-10/h1-3,10H,4-9H2,(H,15,16). The van der Waals surface area contributed by atoms with E-state index >= 15 is 0 Å². The van der Waals surface area contributed by atoms with E-state index in [1.165, 1.54) is 6.07 Å². The first-order chi connectivity index (χ1) is 8.75. The molecule has 0 bridgehead atoms. The van der Waals surface area contributed by atoms with Crippen LogP contribution < -0.4 is 0 Å². The molecule has 2 rings (SSSR count). The van der Waals surface area contributed by atoms with Gasteiger partial charge in [-0.1, -0.05) is 6.07 Å². The number of carboxylic acid groups (broad SMARTS) is 1. The molecule has 2 heterocycles. The van der Waals surface area contributed by atoms with E-state index in [0.717, 1.165) is 26.1 Å². The van der Waals surface area contributed by atoms with Gasteiger partial charge >= 0.3 is 5.97 Å². The third-order valence-electron chi connectivity index (χ3n) is 2.97. The highest BCUT2D eigenvalue weighted by molar-refractivity contribution is 5.85. The average molecular weight is 251 g/mol. The van der Waals surface area contributed by atoms with Crippen LogP contribution in [-0.2, 0) is 16.1 Å². The lowest BCUT2D eigenvalue weighted by Crippen LogP contribution is -2.20. The molecule has 0 radical (unpaired) electrons. The van der Waals surface area contributed by atoms with Crippen molar-refractivity contribution in [1.29, 1.82) is 0 Å². The molecule has 0 amide bonds. The normalized spacial score (nSPS) is 16.7. The summed E-state index contributed by atoms with van der Waals surface area (Å²) in [5.41, 5.74) is 0.712. The monoisotopic (exact) mass is 251 g/mol. The maximum Gasteiger partial charge on any atom is 0.354 e. The number of pyridine rings is 1. The Morgan fingerprint density at radius 2 is 2.22 bits per heavy atom. The first-order valence-corrected chi connectivity index (χ1v) is 6.10. The quantitative estimate of drug-likeness (QED) is 0.863. The van der Waals surface area contributed by atoms with Crippen LogP contribution in [0.15, 0.2) is 18.2 Å². The highest BCUT2D eigenvalue weighted by atomic mass is 16.5. The van der Waals surface area contributed by atoms with Gasteiger partial charge < -0.3 is 14.6 Å². The maximum atomic E-state index is 10.8. The molecule has 5 heteroatoms. The molecule has 1 saturated heterocycles. The molecule has 0 atom stereocenters. The lowest BCUT2D eigenvalue weighted by molar-refractivity contribution is 0.0149. The third-order valence-corrected chi connectivity index (χ3v) is 2.97. The molecule has 0 aromatic carbocycles. The number of aromatic carboxylic acids is 1. The highest BCUT2D eigenvalue weighted by Crippen LogP contribution is 2.15. The average Bonchev–Trinajstić information content (AvgIpc) is 2.40. The SMILES string of the molecule is O=C(O)c1cccc(COCC2CCOCC2)n1. The van der Waals surface area contributed by atoms with Crippen LogP contribution in [0, 0.1) is 5.92 Å². The number of carboxylic acids is 1. The molecular weight excluding hydrogens is 234 g/mol. The third kappa shape index (κ3) is 3.78. The summed E-state index contributed by atoms with van der Waals surface area (Å²) in [7, 11) is 0. The van der Waals surface area contributed by atoms with E-state index < -0.39 is 5.97 Å². The van der Waals surface area contributed by atoms with Crippen LogP contribution >= 0.6 is 0 Å². The van der Waals surface area contributed by atoms with Crippen molar-refractivity contribution in [2.24, 2.45) is 5.92 Å². The van der Waals surface area contributed by atoms with E-state index in [1.54, 1.807) is 12.1 Å². The number of ether oxygens (including phenoxy) is 2. The van der Waals surface area contributed by atoms with E-state index in [-0.39, 0.29) is 5.69 Å². The minimum atomic E-state index is -1.01. The predicted octanol–water partition coefficient (Wildman–Crippen LogP) is 1.72. The second-order valence-corrected chi connectivity index (χ2v) is 4.39. The topological polar surface area (TPSA) is 68.7 Å². The number of rotatable bonds is 5. The number of nitrogens with zero attached hydrogens (tertiary/aromatic N) is 1. The summed E-state index contributed by atoms with van der Waals surface area (Å²) in [6, 6.07) is 4.93. The summed E-state index contributed by atoms with van der Waals surface area (Å²) in [4.78, 5) is 14.8. The van der Waals surface area contributed by atoms with Gasteiger partial charge in [0.25, 0.3) is 0 Å². The Morgan fingerprint density at radius 3 is 2.94 bits per heavy atom. The van der Waals surface area contributed by atoms with Crippen LogP contribution in [0.25, 0.3) is 0 Å². The van der Waals surface area contributed by atoms with Crippen molar-refractivity contribution in [1.82, 2.24) is 4.98 Å². The Balaban J connectivity index is 1.78.